The van der Waals surface area contributed by atoms with Crippen LogP contribution >= 0.6 is 15.9 Å². The number of benzene rings is 2. The van der Waals surface area contributed by atoms with Gasteiger partial charge in [0.05, 0.1) is 6.21 Å². The van der Waals surface area contributed by atoms with E-state index >= 15 is 0 Å². The van der Waals surface area contributed by atoms with Crippen molar-refractivity contribution in [2.75, 3.05) is 0 Å². The second-order valence-electron chi connectivity index (χ2n) is 7.99. The molecule has 2 unspecified atom stereocenters. The van der Waals surface area contributed by atoms with Gasteiger partial charge in [0.25, 0.3) is 0 Å². The predicted octanol–water partition coefficient (Wildman–Crippen LogP) is 5.63. The molecule has 2 atom stereocenters. The van der Waals surface area contributed by atoms with Crippen molar-refractivity contribution in [1.82, 2.24) is 5.43 Å². The summed E-state index contributed by atoms with van der Waals surface area (Å²) in [7, 11) is 0. The Kier molecular flexibility index (Phi) is 5.95. The maximum Gasteiger partial charge on any atom is 0.243 e. The minimum Gasteiger partial charge on any atom is -0.273 e. The number of amides is 1. The largest absolute Gasteiger partial charge is 0.273 e. The normalized spacial score (nSPS) is 19.9. The van der Waals surface area contributed by atoms with E-state index in [-0.39, 0.29) is 17.2 Å². The minimum absolute atomic E-state index is 0.0134. The molecule has 1 aliphatic carbocycles. The third kappa shape index (κ3) is 5.39. The molecule has 2 aromatic carbocycles. The lowest BCUT2D eigenvalue weighted by Crippen LogP contribution is -2.20. The molecule has 0 bridgehead atoms. The van der Waals surface area contributed by atoms with E-state index < -0.39 is 0 Å². The first kappa shape index (κ1) is 19.6. The first-order valence-corrected chi connectivity index (χ1v) is 9.99. The fraction of sp³-hybridized carbons (Fsp3) is 0.304. The number of hydrogen-bond acceptors (Lipinski definition) is 2. The Bertz CT molecular complexity index is 848. The number of halogens is 1. The molecule has 0 spiro atoms. The van der Waals surface area contributed by atoms with E-state index in [1.807, 2.05) is 36.4 Å². The molecule has 2 aromatic rings. The highest BCUT2D eigenvalue weighted by Gasteiger charge is 2.43. The molecule has 0 saturated heterocycles. The van der Waals surface area contributed by atoms with Crippen LogP contribution < -0.4 is 5.43 Å². The van der Waals surface area contributed by atoms with Gasteiger partial charge in [0.1, 0.15) is 0 Å². The highest BCUT2D eigenvalue weighted by molar-refractivity contribution is 9.12. The zero-order chi connectivity index (χ0) is 19.4. The molecular formula is C23H25BrN2O. The van der Waals surface area contributed by atoms with Gasteiger partial charge < -0.3 is 0 Å². The summed E-state index contributed by atoms with van der Waals surface area (Å²) in [4.78, 5) is 12.3. The van der Waals surface area contributed by atoms with Crippen LogP contribution in [-0.2, 0) is 10.2 Å². The Morgan fingerprint density at radius 3 is 2.41 bits per heavy atom. The van der Waals surface area contributed by atoms with Gasteiger partial charge in [-0.25, -0.2) is 5.43 Å². The van der Waals surface area contributed by atoms with Crippen molar-refractivity contribution in [3.8, 4) is 0 Å². The molecule has 3 nitrogen and oxygen atoms in total. The second-order valence-corrected chi connectivity index (χ2v) is 8.91. The summed E-state index contributed by atoms with van der Waals surface area (Å²) in [6.07, 6.45) is 4.45. The fourth-order valence-electron chi connectivity index (χ4n) is 3.07. The molecular weight excluding hydrogens is 400 g/mol. The van der Waals surface area contributed by atoms with Gasteiger partial charge in [-0.2, -0.15) is 5.10 Å². The predicted molar refractivity (Wildman–Crippen MR) is 116 cm³/mol. The van der Waals surface area contributed by atoms with E-state index in [1.54, 1.807) is 6.21 Å². The summed E-state index contributed by atoms with van der Waals surface area (Å²) in [5, 5.41) is 4.06. The zero-order valence-corrected chi connectivity index (χ0v) is 17.5. The first-order chi connectivity index (χ1) is 12.8. The summed E-state index contributed by atoms with van der Waals surface area (Å²) in [6.45, 7) is 6.62. The van der Waals surface area contributed by atoms with Gasteiger partial charge in [0.2, 0.25) is 5.91 Å². The summed E-state index contributed by atoms with van der Waals surface area (Å²) >= 11 is 3.45. The highest BCUT2D eigenvalue weighted by atomic mass is 79.9. The summed E-state index contributed by atoms with van der Waals surface area (Å²) < 4.78 is 0.805. The summed E-state index contributed by atoms with van der Waals surface area (Å²) in [6, 6.07) is 18.6. The molecule has 0 radical (unpaired) electrons. The van der Waals surface area contributed by atoms with Crippen LogP contribution in [0.5, 0.6) is 0 Å². The van der Waals surface area contributed by atoms with Crippen molar-refractivity contribution in [3.63, 3.8) is 0 Å². The van der Waals surface area contributed by atoms with Crippen LogP contribution in [0, 0.1) is 5.92 Å². The van der Waals surface area contributed by atoms with E-state index in [1.165, 1.54) is 11.1 Å². The summed E-state index contributed by atoms with van der Waals surface area (Å²) in [5.74, 6) is 0.299. The number of carbonyl (C=O) groups excluding carboxylic acids is 1. The monoisotopic (exact) mass is 424 g/mol. The van der Waals surface area contributed by atoms with E-state index in [2.05, 4.69) is 71.5 Å². The maximum atomic E-state index is 12.3. The number of carbonyl (C=O) groups is 1. The van der Waals surface area contributed by atoms with Crippen LogP contribution in [0.4, 0.5) is 0 Å². The SMILES string of the molecule is CC(C)(C)c1ccc(C2CC2C(=O)NN=CC(Br)=Cc2ccccc2)cc1. The molecule has 0 aromatic heterocycles. The molecule has 1 aliphatic rings. The topological polar surface area (TPSA) is 41.5 Å². The van der Waals surface area contributed by atoms with E-state index in [9.17, 15) is 4.79 Å². The second kappa shape index (κ2) is 8.22. The average molecular weight is 425 g/mol. The van der Waals surface area contributed by atoms with Crippen LogP contribution in [0.15, 0.2) is 64.2 Å². The highest BCUT2D eigenvalue weighted by Crippen LogP contribution is 2.47. The van der Waals surface area contributed by atoms with Crippen molar-refractivity contribution in [1.29, 1.82) is 0 Å². The maximum absolute atomic E-state index is 12.3. The van der Waals surface area contributed by atoms with Gasteiger partial charge in [-0.05, 0) is 56.5 Å². The van der Waals surface area contributed by atoms with Gasteiger partial charge in [-0.1, -0.05) is 75.4 Å². The Labute approximate surface area is 169 Å². The van der Waals surface area contributed by atoms with Crippen molar-refractivity contribution in [3.05, 3.63) is 75.8 Å². The Morgan fingerprint density at radius 2 is 1.78 bits per heavy atom. The lowest BCUT2D eigenvalue weighted by atomic mass is 9.86. The van der Waals surface area contributed by atoms with Crippen LogP contribution in [0.25, 0.3) is 6.08 Å². The van der Waals surface area contributed by atoms with Crippen molar-refractivity contribution in [2.45, 2.75) is 38.5 Å². The van der Waals surface area contributed by atoms with Crippen LogP contribution in [0.3, 0.4) is 0 Å². The van der Waals surface area contributed by atoms with Crippen LogP contribution in [0.1, 0.15) is 49.8 Å². The van der Waals surface area contributed by atoms with E-state index in [0.717, 1.165) is 16.5 Å². The Hall–Kier alpha value is -2.20. The van der Waals surface area contributed by atoms with Crippen LogP contribution in [-0.4, -0.2) is 12.1 Å². The molecule has 0 aliphatic heterocycles. The Balaban J connectivity index is 1.52. The quantitative estimate of drug-likeness (QED) is 0.490. The van der Waals surface area contributed by atoms with Crippen molar-refractivity contribution < 1.29 is 4.79 Å². The van der Waals surface area contributed by atoms with E-state index in [4.69, 9.17) is 0 Å². The molecule has 3 rings (SSSR count). The number of nitrogens with zero attached hydrogens (tertiary/aromatic N) is 1. The molecule has 1 amide bonds. The first-order valence-electron chi connectivity index (χ1n) is 9.20. The average Bonchev–Trinajstić information content (AvgIpc) is 3.43. The molecule has 27 heavy (non-hydrogen) atoms. The smallest absolute Gasteiger partial charge is 0.243 e. The van der Waals surface area contributed by atoms with Crippen molar-refractivity contribution in [2.24, 2.45) is 11.0 Å². The molecule has 140 valence electrons. The minimum atomic E-state index is -0.0174. The van der Waals surface area contributed by atoms with Gasteiger partial charge in [-0.3, -0.25) is 4.79 Å². The Morgan fingerprint density at radius 1 is 1.11 bits per heavy atom. The van der Waals surface area contributed by atoms with Gasteiger partial charge in [0, 0.05) is 10.4 Å². The van der Waals surface area contributed by atoms with Gasteiger partial charge >= 0.3 is 0 Å². The van der Waals surface area contributed by atoms with E-state index in [0.29, 0.717) is 5.92 Å². The molecule has 1 saturated carbocycles. The van der Waals surface area contributed by atoms with Crippen LogP contribution in [0.2, 0.25) is 0 Å². The summed E-state index contributed by atoms with van der Waals surface area (Å²) in [5.41, 5.74) is 6.42. The molecule has 4 heteroatoms. The lowest BCUT2D eigenvalue weighted by Gasteiger charge is -2.19. The number of hydrogen-bond donors (Lipinski definition) is 1. The molecule has 1 N–H and O–H groups in total. The third-order valence-electron chi connectivity index (χ3n) is 4.80. The molecule has 0 heterocycles. The lowest BCUT2D eigenvalue weighted by molar-refractivity contribution is -0.122. The van der Waals surface area contributed by atoms with Gasteiger partial charge in [-0.15, -0.1) is 0 Å². The number of allylic oxidation sites excluding steroid dienone is 1. The number of rotatable bonds is 5. The zero-order valence-electron chi connectivity index (χ0n) is 15.9. The third-order valence-corrected chi connectivity index (χ3v) is 5.23. The molecule has 1 fully saturated rings. The van der Waals surface area contributed by atoms with Crippen molar-refractivity contribution >= 4 is 34.1 Å². The van der Waals surface area contributed by atoms with Gasteiger partial charge in [0.15, 0.2) is 0 Å². The fourth-order valence-corrected chi connectivity index (χ4v) is 3.44. The number of hydrazone groups is 1. The standard InChI is InChI=1S/C23H25BrN2O/c1-23(2,3)18-11-9-17(10-12-18)20-14-21(20)22(27)26-25-15-19(24)13-16-7-5-4-6-8-16/h4-13,15,20-21H,14H2,1-3H3,(H,26,27). The number of nitrogens with one attached hydrogen (secondary N) is 1.